The minimum atomic E-state index is 0.0368. The Bertz CT molecular complexity index is 726. The van der Waals surface area contributed by atoms with Gasteiger partial charge in [-0.3, -0.25) is 9.48 Å². The third-order valence-corrected chi connectivity index (χ3v) is 4.48. The van der Waals surface area contributed by atoms with Crippen molar-refractivity contribution in [2.24, 2.45) is 5.92 Å². The highest BCUT2D eigenvalue weighted by Crippen LogP contribution is 2.22. The number of hydrogen-bond acceptors (Lipinski definition) is 5. The standard InChI is InChI=1S/C18H22N6O/c1-14(13-24-8-2-7-21-24)22-18(25)16-5-9-23(10-6-16)17-4-3-15(11-19)12-20-17/h2-4,7-8,12,14,16H,5-6,9-10,13H2,1H3,(H,22,25)/t14-/m1/s1. The van der Waals surface area contributed by atoms with E-state index in [-0.39, 0.29) is 17.9 Å². The molecule has 1 aliphatic rings. The SMILES string of the molecule is C[C@H](Cn1cccn1)NC(=O)C1CCN(c2ccc(C#N)cn2)CC1. The van der Waals surface area contributed by atoms with E-state index >= 15 is 0 Å². The zero-order valence-corrected chi connectivity index (χ0v) is 14.3. The molecule has 2 aromatic rings. The number of anilines is 1. The molecule has 0 aromatic carbocycles. The van der Waals surface area contributed by atoms with Gasteiger partial charge in [0.2, 0.25) is 5.91 Å². The molecule has 1 aliphatic heterocycles. The van der Waals surface area contributed by atoms with E-state index in [0.717, 1.165) is 31.7 Å². The van der Waals surface area contributed by atoms with Gasteiger partial charge in [0.25, 0.3) is 0 Å². The van der Waals surface area contributed by atoms with Crippen molar-refractivity contribution in [3.05, 3.63) is 42.4 Å². The molecule has 0 unspecified atom stereocenters. The fourth-order valence-corrected chi connectivity index (χ4v) is 3.11. The molecule has 7 nitrogen and oxygen atoms in total. The minimum Gasteiger partial charge on any atom is -0.357 e. The van der Waals surface area contributed by atoms with Crippen LogP contribution < -0.4 is 10.2 Å². The maximum absolute atomic E-state index is 12.5. The molecule has 3 rings (SSSR count). The lowest BCUT2D eigenvalue weighted by Crippen LogP contribution is -2.44. The Labute approximate surface area is 147 Å². The summed E-state index contributed by atoms with van der Waals surface area (Å²) in [6.07, 6.45) is 6.84. The molecule has 1 amide bonds. The van der Waals surface area contributed by atoms with E-state index in [4.69, 9.17) is 5.26 Å². The number of rotatable bonds is 5. The lowest BCUT2D eigenvalue weighted by molar-refractivity contribution is -0.126. The fourth-order valence-electron chi connectivity index (χ4n) is 3.11. The first kappa shape index (κ1) is 17.0. The quantitative estimate of drug-likeness (QED) is 0.894. The van der Waals surface area contributed by atoms with Crippen LogP contribution in [0.4, 0.5) is 5.82 Å². The Balaban J connectivity index is 1.47. The summed E-state index contributed by atoms with van der Waals surface area (Å²) in [4.78, 5) is 18.9. The van der Waals surface area contributed by atoms with Gasteiger partial charge in [0.15, 0.2) is 0 Å². The van der Waals surface area contributed by atoms with E-state index in [1.165, 1.54) is 0 Å². The van der Waals surface area contributed by atoms with E-state index in [2.05, 4.69) is 26.4 Å². The van der Waals surface area contributed by atoms with E-state index in [1.807, 2.05) is 29.9 Å². The molecule has 1 fully saturated rings. The highest BCUT2D eigenvalue weighted by Gasteiger charge is 2.26. The van der Waals surface area contributed by atoms with Gasteiger partial charge in [-0.1, -0.05) is 0 Å². The average molecular weight is 338 g/mol. The van der Waals surface area contributed by atoms with Crippen LogP contribution in [0.15, 0.2) is 36.8 Å². The van der Waals surface area contributed by atoms with E-state index in [1.54, 1.807) is 18.5 Å². The van der Waals surface area contributed by atoms with Crippen molar-refractivity contribution in [1.29, 1.82) is 5.26 Å². The number of nitrogens with one attached hydrogen (secondary N) is 1. The summed E-state index contributed by atoms with van der Waals surface area (Å²) >= 11 is 0. The van der Waals surface area contributed by atoms with E-state index in [0.29, 0.717) is 12.1 Å². The van der Waals surface area contributed by atoms with Gasteiger partial charge in [-0.25, -0.2) is 4.98 Å². The number of aromatic nitrogens is 3. The van der Waals surface area contributed by atoms with Crippen molar-refractivity contribution >= 4 is 11.7 Å². The smallest absolute Gasteiger partial charge is 0.223 e. The van der Waals surface area contributed by atoms with Crippen LogP contribution in [-0.2, 0) is 11.3 Å². The second-order valence-electron chi connectivity index (χ2n) is 6.42. The van der Waals surface area contributed by atoms with Gasteiger partial charge >= 0.3 is 0 Å². The van der Waals surface area contributed by atoms with Crippen LogP contribution in [0.5, 0.6) is 0 Å². The molecule has 0 spiro atoms. The molecule has 25 heavy (non-hydrogen) atoms. The highest BCUT2D eigenvalue weighted by atomic mass is 16.1. The Morgan fingerprint density at radius 1 is 1.44 bits per heavy atom. The van der Waals surface area contributed by atoms with Gasteiger partial charge in [-0.15, -0.1) is 0 Å². The van der Waals surface area contributed by atoms with Crippen LogP contribution in [0.3, 0.4) is 0 Å². The Morgan fingerprint density at radius 2 is 2.24 bits per heavy atom. The molecule has 0 bridgehead atoms. The summed E-state index contributed by atoms with van der Waals surface area (Å²) in [7, 11) is 0. The number of nitrogens with zero attached hydrogens (tertiary/aromatic N) is 5. The van der Waals surface area contributed by atoms with Crippen molar-refractivity contribution in [2.75, 3.05) is 18.0 Å². The Kier molecular flexibility index (Phi) is 5.29. The second-order valence-corrected chi connectivity index (χ2v) is 6.42. The van der Waals surface area contributed by atoms with Crippen LogP contribution in [0.1, 0.15) is 25.3 Å². The average Bonchev–Trinajstić information content (AvgIpc) is 3.14. The summed E-state index contributed by atoms with van der Waals surface area (Å²) < 4.78 is 1.82. The Hall–Kier alpha value is -2.88. The first-order valence-corrected chi connectivity index (χ1v) is 8.54. The minimum absolute atomic E-state index is 0.0368. The molecule has 130 valence electrons. The van der Waals surface area contributed by atoms with Crippen molar-refractivity contribution in [1.82, 2.24) is 20.1 Å². The summed E-state index contributed by atoms with van der Waals surface area (Å²) in [5, 5.41) is 16.1. The highest BCUT2D eigenvalue weighted by molar-refractivity contribution is 5.79. The number of pyridine rings is 1. The lowest BCUT2D eigenvalue weighted by atomic mass is 9.95. The molecule has 7 heteroatoms. The molecule has 1 atom stereocenters. The zero-order chi connectivity index (χ0) is 17.6. The van der Waals surface area contributed by atoms with Crippen LogP contribution in [0, 0.1) is 17.2 Å². The third-order valence-electron chi connectivity index (χ3n) is 4.48. The van der Waals surface area contributed by atoms with Crippen molar-refractivity contribution < 1.29 is 4.79 Å². The van der Waals surface area contributed by atoms with Gasteiger partial charge in [-0.05, 0) is 38.0 Å². The lowest BCUT2D eigenvalue weighted by Gasteiger charge is -2.32. The molecule has 0 saturated carbocycles. The van der Waals surface area contributed by atoms with Gasteiger partial charge in [-0.2, -0.15) is 10.4 Å². The van der Waals surface area contributed by atoms with Crippen LogP contribution in [0.2, 0.25) is 0 Å². The molecule has 1 N–H and O–H groups in total. The molecule has 1 saturated heterocycles. The molecular formula is C18H22N6O. The normalized spacial score (nSPS) is 16.2. The predicted molar refractivity (Wildman–Crippen MR) is 93.7 cm³/mol. The maximum atomic E-state index is 12.5. The number of piperidine rings is 1. The topological polar surface area (TPSA) is 86.8 Å². The summed E-state index contributed by atoms with van der Waals surface area (Å²) in [6.45, 7) is 4.26. The number of carbonyl (C=O) groups is 1. The summed E-state index contributed by atoms with van der Waals surface area (Å²) in [5.74, 6) is 1.02. The maximum Gasteiger partial charge on any atom is 0.223 e. The van der Waals surface area contributed by atoms with Crippen molar-refractivity contribution in [3.8, 4) is 6.07 Å². The monoisotopic (exact) mass is 338 g/mol. The molecule has 0 aliphatic carbocycles. The first-order chi connectivity index (χ1) is 12.2. The van der Waals surface area contributed by atoms with Crippen molar-refractivity contribution in [3.63, 3.8) is 0 Å². The van der Waals surface area contributed by atoms with Crippen LogP contribution >= 0.6 is 0 Å². The summed E-state index contributed by atoms with van der Waals surface area (Å²) in [5.41, 5.74) is 0.559. The summed E-state index contributed by atoms with van der Waals surface area (Å²) in [6, 6.07) is 7.64. The number of nitriles is 1. The number of carbonyl (C=O) groups excluding carboxylic acids is 1. The molecular weight excluding hydrogens is 316 g/mol. The zero-order valence-electron chi connectivity index (χ0n) is 14.3. The third kappa shape index (κ3) is 4.35. The van der Waals surface area contributed by atoms with Gasteiger partial charge in [0.05, 0.1) is 12.1 Å². The first-order valence-electron chi connectivity index (χ1n) is 8.54. The van der Waals surface area contributed by atoms with Gasteiger partial charge < -0.3 is 10.2 Å². The van der Waals surface area contributed by atoms with Crippen molar-refractivity contribution in [2.45, 2.75) is 32.4 Å². The Morgan fingerprint density at radius 3 is 2.84 bits per heavy atom. The van der Waals surface area contributed by atoms with Gasteiger partial charge in [0.1, 0.15) is 11.9 Å². The number of hydrogen-bond donors (Lipinski definition) is 1. The molecule has 0 radical (unpaired) electrons. The predicted octanol–water partition coefficient (Wildman–Crippen LogP) is 1.57. The van der Waals surface area contributed by atoms with Crippen LogP contribution in [0.25, 0.3) is 0 Å². The van der Waals surface area contributed by atoms with Gasteiger partial charge in [0, 0.05) is 43.6 Å². The second kappa shape index (κ2) is 7.79. The number of amides is 1. The molecule has 2 aromatic heterocycles. The largest absolute Gasteiger partial charge is 0.357 e. The molecule has 3 heterocycles. The fraction of sp³-hybridized carbons (Fsp3) is 0.444. The van der Waals surface area contributed by atoms with E-state index in [9.17, 15) is 4.79 Å². The van der Waals surface area contributed by atoms with Crippen LogP contribution in [-0.4, -0.2) is 39.8 Å². The van der Waals surface area contributed by atoms with E-state index < -0.39 is 0 Å².